The average Bonchev–Trinajstić information content (AvgIpc) is 2.86. The Bertz CT molecular complexity index is 537. The predicted molar refractivity (Wildman–Crippen MR) is 81.1 cm³/mol. The van der Waals surface area contributed by atoms with E-state index in [9.17, 15) is 0 Å². The Hall–Kier alpha value is -1.47. The highest BCUT2D eigenvalue weighted by Gasteiger charge is 2.10. The molecule has 0 fully saturated rings. The molecule has 0 bridgehead atoms. The van der Waals surface area contributed by atoms with E-state index in [4.69, 9.17) is 10.5 Å². The zero-order chi connectivity index (χ0) is 14.4. The number of hydrogen-bond donors (Lipinski definition) is 1. The molecule has 0 unspecified atom stereocenters. The fourth-order valence-corrected chi connectivity index (χ4v) is 2.38. The van der Waals surface area contributed by atoms with Crippen LogP contribution in [-0.2, 0) is 11.3 Å². The lowest BCUT2D eigenvalue weighted by molar-refractivity contribution is 0.128. The van der Waals surface area contributed by atoms with Gasteiger partial charge in [-0.1, -0.05) is 22.9 Å². The van der Waals surface area contributed by atoms with E-state index >= 15 is 0 Å². The number of nitrogens with two attached hydrogens (primary N) is 1. The molecule has 2 rings (SSSR count). The summed E-state index contributed by atoms with van der Waals surface area (Å²) in [5.74, 6) is 0.716. The highest BCUT2D eigenvalue weighted by molar-refractivity contribution is 9.10. The first-order chi connectivity index (χ1) is 9.70. The number of aryl methyl sites for hydroxylation is 1. The molecule has 7 heteroatoms. The van der Waals surface area contributed by atoms with Crippen molar-refractivity contribution < 1.29 is 4.74 Å². The lowest BCUT2D eigenvalue weighted by Gasteiger charge is -2.06. The van der Waals surface area contributed by atoms with Crippen LogP contribution < -0.4 is 5.73 Å². The van der Waals surface area contributed by atoms with Gasteiger partial charge in [-0.3, -0.25) is 0 Å². The summed E-state index contributed by atoms with van der Waals surface area (Å²) in [5, 5.41) is 11.8. The molecular formula is C13H18BrN5O. The van der Waals surface area contributed by atoms with Gasteiger partial charge in [-0.25, -0.2) is 4.68 Å². The number of aromatic nitrogens is 4. The van der Waals surface area contributed by atoms with Crippen LogP contribution in [0.1, 0.15) is 19.8 Å². The standard InChI is InChI=1S/C13H18BrN5O/c1-2-5-20-6-3-4-19-13(16-17-18-19)10-7-11(14)9-12(15)8-10/h7-9H,2-6,15H2,1H3. The largest absolute Gasteiger partial charge is 0.399 e. The normalized spacial score (nSPS) is 10.9. The number of halogens is 1. The number of hydrogen-bond acceptors (Lipinski definition) is 5. The molecule has 2 N–H and O–H groups in total. The van der Waals surface area contributed by atoms with E-state index in [1.807, 2.05) is 18.2 Å². The van der Waals surface area contributed by atoms with E-state index in [1.165, 1.54) is 0 Å². The number of nitrogen functional groups attached to an aromatic ring is 1. The third kappa shape index (κ3) is 4.01. The first-order valence-electron chi connectivity index (χ1n) is 6.61. The maximum absolute atomic E-state index is 5.84. The van der Waals surface area contributed by atoms with Crippen molar-refractivity contribution in [1.82, 2.24) is 20.2 Å². The van der Waals surface area contributed by atoms with Crippen LogP contribution in [0.2, 0.25) is 0 Å². The number of nitrogens with zero attached hydrogens (tertiary/aromatic N) is 4. The monoisotopic (exact) mass is 339 g/mol. The van der Waals surface area contributed by atoms with Crippen LogP contribution in [0.25, 0.3) is 11.4 Å². The molecule has 1 aromatic carbocycles. The highest BCUT2D eigenvalue weighted by atomic mass is 79.9. The Labute approximate surface area is 126 Å². The van der Waals surface area contributed by atoms with Gasteiger partial charge < -0.3 is 10.5 Å². The Balaban J connectivity index is 2.04. The van der Waals surface area contributed by atoms with E-state index in [0.29, 0.717) is 18.1 Å². The van der Waals surface area contributed by atoms with Gasteiger partial charge in [0.25, 0.3) is 0 Å². The molecule has 0 radical (unpaired) electrons. The number of rotatable bonds is 7. The first kappa shape index (κ1) is 14.9. The van der Waals surface area contributed by atoms with Crippen LogP contribution in [0.5, 0.6) is 0 Å². The highest BCUT2D eigenvalue weighted by Crippen LogP contribution is 2.24. The number of tetrazole rings is 1. The minimum Gasteiger partial charge on any atom is -0.399 e. The van der Waals surface area contributed by atoms with E-state index in [1.54, 1.807) is 4.68 Å². The molecule has 0 atom stereocenters. The van der Waals surface area contributed by atoms with Gasteiger partial charge in [0.1, 0.15) is 0 Å². The number of ether oxygens (including phenoxy) is 1. The van der Waals surface area contributed by atoms with Gasteiger partial charge in [0.15, 0.2) is 5.82 Å². The zero-order valence-electron chi connectivity index (χ0n) is 11.4. The van der Waals surface area contributed by atoms with Crippen molar-refractivity contribution >= 4 is 21.6 Å². The molecule has 20 heavy (non-hydrogen) atoms. The first-order valence-corrected chi connectivity index (χ1v) is 7.40. The van der Waals surface area contributed by atoms with E-state index < -0.39 is 0 Å². The summed E-state index contributed by atoms with van der Waals surface area (Å²) in [5.41, 5.74) is 7.42. The summed E-state index contributed by atoms with van der Waals surface area (Å²) in [6, 6.07) is 5.66. The Kier molecular flexibility index (Phi) is 5.49. The fourth-order valence-electron chi connectivity index (χ4n) is 1.87. The molecule has 0 aliphatic rings. The second-order valence-electron chi connectivity index (χ2n) is 4.46. The second kappa shape index (κ2) is 7.35. The molecule has 1 aromatic heterocycles. The third-order valence-corrected chi connectivity index (χ3v) is 3.18. The van der Waals surface area contributed by atoms with Gasteiger partial charge in [0.2, 0.25) is 0 Å². The van der Waals surface area contributed by atoms with E-state index in [0.717, 1.165) is 36.0 Å². The zero-order valence-corrected chi connectivity index (χ0v) is 13.0. The average molecular weight is 340 g/mol. The quantitative estimate of drug-likeness (QED) is 0.619. The van der Waals surface area contributed by atoms with Crippen LogP contribution in [0.3, 0.4) is 0 Å². The predicted octanol–water partition coefficient (Wildman–Crippen LogP) is 2.50. The van der Waals surface area contributed by atoms with E-state index in [-0.39, 0.29) is 0 Å². The molecule has 6 nitrogen and oxygen atoms in total. The van der Waals surface area contributed by atoms with Crippen LogP contribution >= 0.6 is 15.9 Å². The summed E-state index contributed by atoms with van der Waals surface area (Å²) >= 11 is 3.43. The molecule has 0 amide bonds. The van der Waals surface area contributed by atoms with Gasteiger partial charge in [0.05, 0.1) is 0 Å². The number of benzene rings is 1. The molecule has 0 aliphatic heterocycles. The topological polar surface area (TPSA) is 78.8 Å². The maximum Gasteiger partial charge on any atom is 0.182 e. The van der Waals surface area contributed by atoms with Crippen molar-refractivity contribution in [2.45, 2.75) is 26.3 Å². The van der Waals surface area contributed by atoms with Crippen LogP contribution in [0, 0.1) is 0 Å². The van der Waals surface area contributed by atoms with Gasteiger partial charge >= 0.3 is 0 Å². The minimum absolute atomic E-state index is 0.676. The fraction of sp³-hybridized carbons (Fsp3) is 0.462. The van der Waals surface area contributed by atoms with Gasteiger partial charge in [-0.2, -0.15) is 0 Å². The summed E-state index contributed by atoms with van der Waals surface area (Å²) in [4.78, 5) is 0. The molecule has 108 valence electrons. The molecule has 0 saturated carbocycles. The maximum atomic E-state index is 5.84. The summed E-state index contributed by atoms with van der Waals surface area (Å²) in [6.45, 7) is 4.33. The van der Waals surface area contributed by atoms with Crippen molar-refractivity contribution in [2.24, 2.45) is 0 Å². The summed E-state index contributed by atoms with van der Waals surface area (Å²) in [7, 11) is 0. The molecule has 2 aromatic rings. The molecule has 0 aliphatic carbocycles. The SMILES string of the molecule is CCCOCCCn1nnnc1-c1cc(N)cc(Br)c1. The van der Waals surface area contributed by atoms with Crippen molar-refractivity contribution in [3.63, 3.8) is 0 Å². The summed E-state index contributed by atoms with van der Waals surface area (Å²) in [6.07, 6.45) is 1.91. The van der Waals surface area contributed by atoms with Gasteiger partial charge in [-0.15, -0.1) is 5.10 Å². The van der Waals surface area contributed by atoms with Crippen LogP contribution in [0.4, 0.5) is 5.69 Å². The van der Waals surface area contributed by atoms with Gasteiger partial charge in [-0.05, 0) is 41.5 Å². The lowest BCUT2D eigenvalue weighted by Crippen LogP contribution is -2.06. The van der Waals surface area contributed by atoms with Crippen molar-refractivity contribution in [3.05, 3.63) is 22.7 Å². The van der Waals surface area contributed by atoms with Gasteiger partial charge in [0, 0.05) is 35.5 Å². The molecule has 0 saturated heterocycles. The number of anilines is 1. The van der Waals surface area contributed by atoms with Crippen molar-refractivity contribution in [1.29, 1.82) is 0 Å². The van der Waals surface area contributed by atoms with Crippen LogP contribution in [0.15, 0.2) is 22.7 Å². The Morgan fingerprint density at radius 1 is 1.30 bits per heavy atom. The molecule has 1 heterocycles. The summed E-state index contributed by atoms with van der Waals surface area (Å²) < 4.78 is 8.14. The van der Waals surface area contributed by atoms with Crippen molar-refractivity contribution in [3.8, 4) is 11.4 Å². The van der Waals surface area contributed by atoms with Crippen molar-refractivity contribution in [2.75, 3.05) is 18.9 Å². The molecule has 0 spiro atoms. The van der Waals surface area contributed by atoms with Crippen LogP contribution in [-0.4, -0.2) is 33.4 Å². The smallest absolute Gasteiger partial charge is 0.182 e. The third-order valence-electron chi connectivity index (χ3n) is 2.72. The lowest BCUT2D eigenvalue weighted by atomic mass is 10.2. The minimum atomic E-state index is 0.676. The Morgan fingerprint density at radius 3 is 2.90 bits per heavy atom. The Morgan fingerprint density at radius 2 is 2.15 bits per heavy atom. The van der Waals surface area contributed by atoms with E-state index in [2.05, 4.69) is 38.4 Å². The second-order valence-corrected chi connectivity index (χ2v) is 5.38. The molecular weight excluding hydrogens is 322 g/mol.